The van der Waals surface area contributed by atoms with Crippen LogP contribution in [0.15, 0.2) is 0 Å². The molecule has 0 saturated heterocycles. The highest BCUT2D eigenvalue weighted by Crippen LogP contribution is 2.26. The maximum Gasteiger partial charge on any atom is 0.0826 e. The van der Waals surface area contributed by atoms with Crippen molar-refractivity contribution in [2.24, 2.45) is 0 Å². The molecule has 1 unspecified atom stereocenters. The van der Waals surface area contributed by atoms with Crippen molar-refractivity contribution in [2.45, 2.75) is 71.4 Å². The van der Waals surface area contributed by atoms with Crippen LogP contribution >= 0.6 is 0 Å². The van der Waals surface area contributed by atoms with E-state index in [0.717, 1.165) is 38.6 Å². The van der Waals surface area contributed by atoms with Crippen molar-refractivity contribution in [1.29, 1.82) is 0 Å². The predicted octanol–water partition coefficient (Wildman–Crippen LogP) is 3.36. The molecule has 0 aromatic carbocycles. The lowest BCUT2D eigenvalue weighted by atomic mass is 9.85. The molecule has 0 aromatic heterocycles. The summed E-state index contributed by atoms with van der Waals surface area (Å²) in [6.45, 7) is 9.56. The molecule has 1 N–H and O–H groups in total. The minimum atomic E-state index is -0.0371. The van der Waals surface area contributed by atoms with Gasteiger partial charge in [0, 0.05) is 19.6 Å². The van der Waals surface area contributed by atoms with E-state index in [-0.39, 0.29) is 5.60 Å². The Labute approximate surface area is 108 Å². The SMILES string of the molecule is CC#CCCC(NCCC)C(CC)(CC)OC. The number of hydrogen-bond donors (Lipinski definition) is 1. The Morgan fingerprint density at radius 3 is 2.29 bits per heavy atom. The van der Waals surface area contributed by atoms with Gasteiger partial charge in [0.2, 0.25) is 0 Å². The molecule has 2 nitrogen and oxygen atoms in total. The molecule has 0 heterocycles. The second-order valence-corrected chi connectivity index (χ2v) is 4.45. The van der Waals surface area contributed by atoms with E-state index in [2.05, 4.69) is 37.9 Å². The summed E-state index contributed by atoms with van der Waals surface area (Å²) in [5.41, 5.74) is -0.0371. The Hall–Kier alpha value is -0.520. The van der Waals surface area contributed by atoms with Crippen LogP contribution in [0.25, 0.3) is 0 Å². The van der Waals surface area contributed by atoms with Gasteiger partial charge in [0.25, 0.3) is 0 Å². The Morgan fingerprint density at radius 1 is 1.24 bits per heavy atom. The number of ether oxygens (including phenoxy) is 1. The van der Waals surface area contributed by atoms with E-state index in [0.29, 0.717) is 6.04 Å². The monoisotopic (exact) mass is 239 g/mol. The first kappa shape index (κ1) is 16.5. The lowest BCUT2D eigenvalue weighted by Crippen LogP contribution is -2.51. The Bertz CT molecular complexity index is 227. The van der Waals surface area contributed by atoms with E-state index in [1.54, 1.807) is 0 Å². The average molecular weight is 239 g/mol. The van der Waals surface area contributed by atoms with Crippen molar-refractivity contribution in [3.63, 3.8) is 0 Å². The fraction of sp³-hybridized carbons (Fsp3) is 0.867. The van der Waals surface area contributed by atoms with Crippen LogP contribution in [0.2, 0.25) is 0 Å². The van der Waals surface area contributed by atoms with Crippen LogP contribution < -0.4 is 5.32 Å². The summed E-state index contributed by atoms with van der Waals surface area (Å²) in [6, 6.07) is 0.406. The third-order valence-electron chi connectivity index (χ3n) is 3.61. The maximum absolute atomic E-state index is 5.82. The topological polar surface area (TPSA) is 21.3 Å². The number of rotatable bonds is 9. The molecule has 0 aliphatic rings. The molecule has 0 aliphatic carbocycles. The zero-order chi connectivity index (χ0) is 13.1. The minimum Gasteiger partial charge on any atom is -0.377 e. The summed E-state index contributed by atoms with van der Waals surface area (Å²) in [4.78, 5) is 0. The van der Waals surface area contributed by atoms with Gasteiger partial charge in [0.1, 0.15) is 0 Å². The molecular formula is C15H29NO. The molecule has 0 aromatic rings. The lowest BCUT2D eigenvalue weighted by molar-refractivity contribution is -0.0489. The van der Waals surface area contributed by atoms with Gasteiger partial charge in [-0.15, -0.1) is 11.8 Å². The normalized spacial score (nSPS) is 13.0. The Kier molecular flexibility index (Phi) is 9.21. The van der Waals surface area contributed by atoms with Gasteiger partial charge < -0.3 is 10.1 Å². The first-order valence-electron chi connectivity index (χ1n) is 6.88. The lowest BCUT2D eigenvalue weighted by Gasteiger charge is -2.39. The van der Waals surface area contributed by atoms with Crippen LogP contribution in [0.4, 0.5) is 0 Å². The van der Waals surface area contributed by atoms with Crippen molar-refractivity contribution >= 4 is 0 Å². The molecule has 0 radical (unpaired) electrons. The maximum atomic E-state index is 5.82. The largest absolute Gasteiger partial charge is 0.377 e. The van der Waals surface area contributed by atoms with Crippen molar-refractivity contribution in [3.8, 4) is 11.8 Å². The van der Waals surface area contributed by atoms with Gasteiger partial charge in [-0.05, 0) is 39.2 Å². The molecule has 2 heteroatoms. The molecule has 0 fully saturated rings. The summed E-state index contributed by atoms with van der Waals surface area (Å²) in [6.07, 6.45) is 5.25. The second-order valence-electron chi connectivity index (χ2n) is 4.45. The predicted molar refractivity (Wildman–Crippen MR) is 75.1 cm³/mol. The van der Waals surface area contributed by atoms with Gasteiger partial charge in [-0.2, -0.15) is 0 Å². The van der Waals surface area contributed by atoms with Gasteiger partial charge in [-0.1, -0.05) is 20.8 Å². The number of methoxy groups -OCH3 is 1. The van der Waals surface area contributed by atoms with E-state index in [9.17, 15) is 0 Å². The van der Waals surface area contributed by atoms with Crippen molar-refractivity contribution in [1.82, 2.24) is 5.32 Å². The van der Waals surface area contributed by atoms with E-state index < -0.39 is 0 Å². The minimum absolute atomic E-state index is 0.0371. The zero-order valence-electron chi connectivity index (χ0n) is 12.2. The number of hydrogen-bond acceptors (Lipinski definition) is 2. The van der Waals surface area contributed by atoms with Crippen molar-refractivity contribution < 1.29 is 4.74 Å². The smallest absolute Gasteiger partial charge is 0.0826 e. The van der Waals surface area contributed by atoms with E-state index >= 15 is 0 Å². The quantitative estimate of drug-likeness (QED) is 0.623. The second kappa shape index (κ2) is 9.50. The Morgan fingerprint density at radius 2 is 1.88 bits per heavy atom. The van der Waals surface area contributed by atoms with Crippen LogP contribution in [0.3, 0.4) is 0 Å². The van der Waals surface area contributed by atoms with Gasteiger partial charge in [0.15, 0.2) is 0 Å². The molecule has 0 bridgehead atoms. The Balaban J connectivity index is 4.63. The summed E-state index contributed by atoms with van der Waals surface area (Å²) < 4.78 is 5.82. The zero-order valence-corrected chi connectivity index (χ0v) is 12.2. The van der Waals surface area contributed by atoms with Gasteiger partial charge in [0.05, 0.1) is 5.60 Å². The van der Waals surface area contributed by atoms with Crippen LogP contribution in [0.1, 0.15) is 59.8 Å². The molecule has 0 rings (SSSR count). The summed E-state index contributed by atoms with van der Waals surface area (Å²) >= 11 is 0. The molecule has 0 aliphatic heterocycles. The fourth-order valence-corrected chi connectivity index (χ4v) is 2.38. The summed E-state index contributed by atoms with van der Waals surface area (Å²) in [5, 5.41) is 3.63. The molecule has 100 valence electrons. The van der Waals surface area contributed by atoms with Gasteiger partial charge in [-0.3, -0.25) is 0 Å². The number of nitrogens with one attached hydrogen (secondary N) is 1. The fourth-order valence-electron chi connectivity index (χ4n) is 2.38. The van der Waals surface area contributed by atoms with E-state index in [1.165, 1.54) is 0 Å². The van der Waals surface area contributed by atoms with Crippen molar-refractivity contribution in [3.05, 3.63) is 0 Å². The van der Waals surface area contributed by atoms with E-state index in [1.807, 2.05) is 14.0 Å². The molecule has 0 amide bonds. The highest BCUT2D eigenvalue weighted by Gasteiger charge is 2.34. The van der Waals surface area contributed by atoms with Gasteiger partial charge in [-0.25, -0.2) is 0 Å². The van der Waals surface area contributed by atoms with Crippen LogP contribution in [0.5, 0.6) is 0 Å². The highest BCUT2D eigenvalue weighted by atomic mass is 16.5. The highest BCUT2D eigenvalue weighted by molar-refractivity contribution is 4.99. The molecule has 17 heavy (non-hydrogen) atoms. The van der Waals surface area contributed by atoms with E-state index in [4.69, 9.17) is 4.74 Å². The third-order valence-corrected chi connectivity index (χ3v) is 3.61. The third kappa shape index (κ3) is 5.10. The first-order chi connectivity index (χ1) is 8.20. The van der Waals surface area contributed by atoms with Crippen LogP contribution in [-0.2, 0) is 4.74 Å². The van der Waals surface area contributed by atoms with Crippen LogP contribution in [-0.4, -0.2) is 25.3 Å². The summed E-state index contributed by atoms with van der Waals surface area (Å²) in [5.74, 6) is 6.12. The van der Waals surface area contributed by atoms with Gasteiger partial charge >= 0.3 is 0 Å². The molecule has 1 atom stereocenters. The summed E-state index contributed by atoms with van der Waals surface area (Å²) in [7, 11) is 1.83. The average Bonchev–Trinajstić information content (AvgIpc) is 2.37. The van der Waals surface area contributed by atoms with Crippen LogP contribution in [0, 0.1) is 11.8 Å². The molecule has 0 saturated carbocycles. The molecular weight excluding hydrogens is 210 g/mol. The first-order valence-corrected chi connectivity index (χ1v) is 6.88. The van der Waals surface area contributed by atoms with Crippen molar-refractivity contribution in [2.75, 3.05) is 13.7 Å². The standard InChI is InChI=1S/C15H29NO/c1-6-10-11-12-14(16-13-7-2)15(8-3,9-4)17-5/h14,16H,7-9,11-13H2,1-5H3. The molecule has 0 spiro atoms.